The Balaban J connectivity index is 1.48. The largest absolute Gasteiger partial charge is 0.488 e. The van der Waals surface area contributed by atoms with Crippen LogP contribution in [0.15, 0.2) is 84.0 Å². The third kappa shape index (κ3) is 5.55. The van der Waals surface area contributed by atoms with Crippen molar-refractivity contribution in [2.45, 2.75) is 26.4 Å². The molecular weight excluding hydrogens is 404 g/mol. The van der Waals surface area contributed by atoms with Crippen LogP contribution in [-0.4, -0.2) is 21.1 Å². The van der Waals surface area contributed by atoms with Crippen LogP contribution >= 0.6 is 12.2 Å². The van der Waals surface area contributed by atoms with Crippen molar-refractivity contribution in [1.82, 2.24) is 14.9 Å². The number of aromatic nitrogens is 3. The maximum absolute atomic E-state index is 6.05. The summed E-state index contributed by atoms with van der Waals surface area (Å²) in [7, 11) is 0. The van der Waals surface area contributed by atoms with Gasteiger partial charge in [0.05, 0.1) is 6.21 Å². The summed E-state index contributed by atoms with van der Waals surface area (Å²) in [5.74, 6) is 1.57. The van der Waals surface area contributed by atoms with E-state index < -0.39 is 0 Å². The molecular formula is C25H24N4OS. The van der Waals surface area contributed by atoms with E-state index in [1.807, 2.05) is 42.5 Å². The van der Waals surface area contributed by atoms with Crippen molar-refractivity contribution in [1.29, 1.82) is 0 Å². The van der Waals surface area contributed by atoms with Gasteiger partial charge in [0, 0.05) is 12.0 Å². The minimum atomic E-state index is 0.470. The predicted octanol–water partition coefficient (Wildman–Crippen LogP) is 5.50. The van der Waals surface area contributed by atoms with Crippen LogP contribution < -0.4 is 4.74 Å². The Hall–Kier alpha value is -3.51. The lowest BCUT2D eigenvalue weighted by Crippen LogP contribution is -2.02. The summed E-state index contributed by atoms with van der Waals surface area (Å²) in [5, 5.41) is 11.8. The number of H-pyrrole nitrogens is 1. The van der Waals surface area contributed by atoms with Gasteiger partial charge < -0.3 is 4.74 Å². The van der Waals surface area contributed by atoms with E-state index in [-0.39, 0.29) is 0 Å². The van der Waals surface area contributed by atoms with Crippen molar-refractivity contribution < 1.29 is 4.74 Å². The van der Waals surface area contributed by atoms with Gasteiger partial charge in [-0.25, -0.2) is 0 Å². The van der Waals surface area contributed by atoms with Crippen LogP contribution in [0.4, 0.5) is 0 Å². The van der Waals surface area contributed by atoms with Crippen molar-refractivity contribution in [2.75, 3.05) is 0 Å². The molecule has 6 heteroatoms. The molecule has 0 amide bonds. The number of aryl methyl sites for hydroxylation is 3. The molecule has 1 aromatic heterocycles. The van der Waals surface area contributed by atoms with Gasteiger partial charge in [-0.1, -0.05) is 72.3 Å². The van der Waals surface area contributed by atoms with E-state index in [0.29, 0.717) is 11.4 Å². The van der Waals surface area contributed by atoms with Crippen molar-refractivity contribution in [3.05, 3.63) is 112 Å². The highest BCUT2D eigenvalue weighted by atomic mass is 32.1. The van der Waals surface area contributed by atoms with E-state index in [2.05, 4.69) is 58.6 Å². The Labute approximate surface area is 187 Å². The second kappa shape index (κ2) is 10.00. The summed E-state index contributed by atoms with van der Waals surface area (Å²) in [6, 6.07) is 26.5. The van der Waals surface area contributed by atoms with Crippen LogP contribution in [0.5, 0.6) is 5.75 Å². The fraction of sp³-hybridized carbons (Fsp3) is 0.160. The molecule has 4 rings (SSSR count). The number of nitrogens with zero attached hydrogens (tertiary/aromatic N) is 3. The van der Waals surface area contributed by atoms with E-state index in [9.17, 15) is 0 Å². The number of para-hydroxylation sites is 1. The molecule has 3 aromatic carbocycles. The van der Waals surface area contributed by atoms with E-state index in [1.54, 1.807) is 10.9 Å². The fourth-order valence-electron chi connectivity index (χ4n) is 3.19. The number of hydrogen-bond donors (Lipinski definition) is 1. The topological polar surface area (TPSA) is 55.2 Å². The third-order valence-electron chi connectivity index (χ3n) is 4.94. The highest BCUT2D eigenvalue weighted by Gasteiger charge is 2.07. The molecule has 4 aromatic rings. The maximum atomic E-state index is 6.05. The summed E-state index contributed by atoms with van der Waals surface area (Å²) >= 11 is 5.38. The van der Waals surface area contributed by atoms with Crippen LogP contribution in [-0.2, 0) is 19.4 Å². The molecule has 0 spiro atoms. The first-order valence-electron chi connectivity index (χ1n) is 10.2. The SMILES string of the molecule is Cc1ccc(COc2ccccc2/C=N\n2c(CCc3ccccc3)n[nH]c2=S)cc1. The first-order chi connectivity index (χ1) is 15.2. The molecule has 31 heavy (non-hydrogen) atoms. The second-order valence-electron chi connectivity index (χ2n) is 7.30. The molecule has 0 aliphatic carbocycles. The van der Waals surface area contributed by atoms with Crippen LogP contribution in [0.25, 0.3) is 0 Å². The molecule has 156 valence electrons. The van der Waals surface area contributed by atoms with Gasteiger partial charge in [0.1, 0.15) is 12.4 Å². The number of ether oxygens (including phenoxy) is 1. The van der Waals surface area contributed by atoms with Crippen LogP contribution in [0.1, 0.15) is 28.1 Å². The Kier molecular flexibility index (Phi) is 6.69. The Morgan fingerprint density at radius 1 is 0.935 bits per heavy atom. The average Bonchev–Trinajstić information content (AvgIpc) is 3.16. The zero-order valence-corrected chi connectivity index (χ0v) is 18.2. The first kappa shape index (κ1) is 20.8. The van der Waals surface area contributed by atoms with Crippen molar-refractivity contribution in [3.63, 3.8) is 0 Å². The summed E-state index contributed by atoms with van der Waals surface area (Å²) in [4.78, 5) is 0. The van der Waals surface area contributed by atoms with Crippen LogP contribution in [0, 0.1) is 11.7 Å². The molecule has 0 saturated heterocycles. The minimum Gasteiger partial charge on any atom is -0.488 e. The maximum Gasteiger partial charge on any atom is 0.216 e. The van der Waals surface area contributed by atoms with Gasteiger partial charge in [0.2, 0.25) is 4.77 Å². The third-order valence-corrected chi connectivity index (χ3v) is 5.21. The number of nitrogens with one attached hydrogen (secondary N) is 1. The fourth-order valence-corrected chi connectivity index (χ4v) is 3.39. The smallest absolute Gasteiger partial charge is 0.216 e. The lowest BCUT2D eigenvalue weighted by atomic mass is 10.1. The lowest BCUT2D eigenvalue weighted by molar-refractivity contribution is 0.306. The van der Waals surface area contributed by atoms with Gasteiger partial charge in [0.25, 0.3) is 0 Å². The van der Waals surface area contributed by atoms with Gasteiger partial charge in [-0.3, -0.25) is 5.10 Å². The normalized spacial score (nSPS) is 11.1. The molecule has 0 aliphatic rings. The van der Waals surface area contributed by atoms with Crippen LogP contribution in [0.2, 0.25) is 0 Å². The molecule has 0 atom stereocenters. The number of aromatic amines is 1. The molecule has 0 unspecified atom stereocenters. The Morgan fingerprint density at radius 3 is 2.48 bits per heavy atom. The van der Waals surface area contributed by atoms with Gasteiger partial charge in [0.15, 0.2) is 5.82 Å². The minimum absolute atomic E-state index is 0.470. The monoisotopic (exact) mass is 428 g/mol. The molecule has 0 aliphatic heterocycles. The molecule has 0 fully saturated rings. The van der Waals surface area contributed by atoms with E-state index >= 15 is 0 Å². The van der Waals surface area contributed by atoms with Gasteiger partial charge >= 0.3 is 0 Å². The average molecular weight is 429 g/mol. The van der Waals surface area contributed by atoms with Gasteiger partial charge in [-0.2, -0.15) is 14.9 Å². The molecule has 5 nitrogen and oxygen atoms in total. The van der Waals surface area contributed by atoms with Crippen molar-refractivity contribution in [2.24, 2.45) is 5.10 Å². The first-order valence-corrected chi connectivity index (χ1v) is 10.6. The highest BCUT2D eigenvalue weighted by Crippen LogP contribution is 2.18. The standard InChI is InChI=1S/C25H24N4OS/c1-19-11-13-21(14-12-19)18-30-23-10-6-5-9-22(23)17-26-29-24(27-28-25(29)31)16-15-20-7-3-2-4-8-20/h2-14,17H,15-16,18H2,1H3,(H,28,31)/b26-17-. The van der Waals surface area contributed by atoms with E-state index in [4.69, 9.17) is 17.0 Å². The number of rotatable bonds is 8. The highest BCUT2D eigenvalue weighted by molar-refractivity contribution is 7.71. The Morgan fingerprint density at radius 2 is 1.68 bits per heavy atom. The quantitative estimate of drug-likeness (QED) is 0.298. The molecule has 0 radical (unpaired) electrons. The number of hydrogen-bond acceptors (Lipinski definition) is 4. The van der Waals surface area contributed by atoms with Crippen molar-refractivity contribution in [3.8, 4) is 5.75 Å². The summed E-state index contributed by atoms with van der Waals surface area (Å²) < 4.78 is 8.19. The molecule has 0 saturated carbocycles. The number of benzene rings is 3. The molecule has 1 heterocycles. The predicted molar refractivity (Wildman–Crippen MR) is 126 cm³/mol. The lowest BCUT2D eigenvalue weighted by Gasteiger charge is -2.09. The Bertz CT molecular complexity index is 1210. The zero-order valence-electron chi connectivity index (χ0n) is 17.4. The second-order valence-corrected chi connectivity index (χ2v) is 7.69. The summed E-state index contributed by atoms with van der Waals surface area (Å²) in [6.45, 7) is 2.57. The summed E-state index contributed by atoms with van der Waals surface area (Å²) in [6.07, 6.45) is 3.37. The van der Waals surface area contributed by atoms with Gasteiger partial charge in [-0.05, 0) is 48.8 Å². The summed E-state index contributed by atoms with van der Waals surface area (Å²) in [5.41, 5.74) is 4.49. The van der Waals surface area contributed by atoms with E-state index in [0.717, 1.165) is 35.5 Å². The van der Waals surface area contributed by atoms with E-state index in [1.165, 1.54) is 11.1 Å². The van der Waals surface area contributed by atoms with Crippen molar-refractivity contribution >= 4 is 18.4 Å². The molecule has 1 N–H and O–H groups in total. The molecule has 0 bridgehead atoms. The van der Waals surface area contributed by atoms with Crippen LogP contribution in [0.3, 0.4) is 0 Å². The zero-order chi connectivity index (χ0) is 21.5. The van der Waals surface area contributed by atoms with Gasteiger partial charge in [-0.15, -0.1) is 0 Å².